The molecule has 0 unspecified atom stereocenters. The molecule has 3 heteroatoms. The lowest BCUT2D eigenvalue weighted by Crippen LogP contribution is -2.25. The van der Waals surface area contributed by atoms with Gasteiger partial charge in [0.15, 0.2) is 0 Å². The molecule has 2 rings (SSSR count). The number of amides is 1. The molecule has 64 valence electrons. The van der Waals surface area contributed by atoms with Crippen molar-refractivity contribution in [3.05, 3.63) is 29.8 Å². The first-order chi connectivity index (χ1) is 6.25. The summed E-state index contributed by atoms with van der Waals surface area (Å²) in [5, 5.41) is 2.91. The molecule has 0 aliphatic heterocycles. The second-order valence-electron chi connectivity index (χ2n) is 3.37. The molecule has 0 bridgehead atoms. The van der Waals surface area contributed by atoms with Crippen LogP contribution in [0.25, 0.3) is 0 Å². The van der Waals surface area contributed by atoms with Gasteiger partial charge in [0.1, 0.15) is 7.85 Å². The first-order valence-electron chi connectivity index (χ1n) is 4.42. The summed E-state index contributed by atoms with van der Waals surface area (Å²) in [4.78, 5) is 11.5. The zero-order valence-corrected chi connectivity index (χ0v) is 7.29. The highest BCUT2D eigenvalue weighted by Gasteiger charge is 2.23. The van der Waals surface area contributed by atoms with Gasteiger partial charge in [0.05, 0.1) is 0 Å². The van der Waals surface area contributed by atoms with Gasteiger partial charge in [-0.3, -0.25) is 4.79 Å². The minimum Gasteiger partial charge on any atom is -0.349 e. The number of rotatable bonds is 2. The highest BCUT2D eigenvalue weighted by atomic mass is 16.1. The molecule has 1 N–H and O–H groups in total. The summed E-state index contributed by atoms with van der Waals surface area (Å²) in [5.41, 5.74) is 1.36. The molecular formula is C10H10BNO. The molecule has 1 aromatic carbocycles. The number of hydrogen-bond donors (Lipinski definition) is 1. The quantitative estimate of drug-likeness (QED) is 0.640. The molecule has 0 spiro atoms. The fraction of sp³-hybridized carbons (Fsp3) is 0.300. The van der Waals surface area contributed by atoms with E-state index in [1.54, 1.807) is 24.3 Å². The third-order valence-electron chi connectivity index (χ3n) is 2.09. The van der Waals surface area contributed by atoms with Crippen molar-refractivity contribution >= 4 is 19.2 Å². The number of benzene rings is 1. The molecule has 0 saturated heterocycles. The van der Waals surface area contributed by atoms with Crippen LogP contribution in [0, 0.1) is 0 Å². The van der Waals surface area contributed by atoms with Gasteiger partial charge in [0.25, 0.3) is 5.91 Å². The Morgan fingerprint density at radius 2 is 1.92 bits per heavy atom. The predicted octanol–water partition coefficient (Wildman–Crippen LogP) is 0.373. The molecule has 1 saturated carbocycles. The Balaban J connectivity index is 2.05. The minimum absolute atomic E-state index is 0.00231. The second kappa shape index (κ2) is 3.25. The topological polar surface area (TPSA) is 29.1 Å². The first-order valence-corrected chi connectivity index (χ1v) is 4.42. The lowest BCUT2D eigenvalue weighted by atomic mass is 9.95. The number of nitrogens with one attached hydrogen (secondary N) is 1. The molecule has 1 aromatic rings. The number of hydrogen-bond acceptors (Lipinski definition) is 1. The van der Waals surface area contributed by atoms with Crippen LogP contribution in [0.2, 0.25) is 0 Å². The maximum Gasteiger partial charge on any atom is 0.251 e. The summed E-state index contributed by atoms with van der Waals surface area (Å²) in [6.45, 7) is 0. The third-order valence-corrected chi connectivity index (χ3v) is 2.09. The molecule has 13 heavy (non-hydrogen) atoms. The van der Waals surface area contributed by atoms with Crippen molar-refractivity contribution in [1.29, 1.82) is 0 Å². The second-order valence-corrected chi connectivity index (χ2v) is 3.37. The van der Waals surface area contributed by atoms with Crippen LogP contribution in [0.1, 0.15) is 23.2 Å². The molecule has 1 amide bonds. The Morgan fingerprint density at radius 3 is 2.46 bits per heavy atom. The largest absolute Gasteiger partial charge is 0.349 e. The van der Waals surface area contributed by atoms with Crippen LogP contribution in [0.15, 0.2) is 24.3 Å². The maximum absolute atomic E-state index is 11.5. The molecular weight excluding hydrogens is 161 g/mol. The van der Waals surface area contributed by atoms with Crippen molar-refractivity contribution in [1.82, 2.24) is 5.32 Å². The Morgan fingerprint density at radius 1 is 1.31 bits per heavy atom. The Kier molecular flexibility index (Phi) is 2.09. The van der Waals surface area contributed by atoms with Gasteiger partial charge in [-0.2, -0.15) is 0 Å². The fourth-order valence-electron chi connectivity index (χ4n) is 1.13. The van der Waals surface area contributed by atoms with Crippen molar-refractivity contribution in [2.24, 2.45) is 0 Å². The van der Waals surface area contributed by atoms with Gasteiger partial charge in [-0.15, -0.1) is 0 Å². The summed E-state index contributed by atoms with van der Waals surface area (Å²) >= 11 is 0. The lowest BCUT2D eigenvalue weighted by Gasteiger charge is -2.02. The molecule has 2 radical (unpaired) electrons. The van der Waals surface area contributed by atoms with Gasteiger partial charge < -0.3 is 5.32 Å². The van der Waals surface area contributed by atoms with Crippen molar-refractivity contribution < 1.29 is 4.79 Å². The molecule has 0 heterocycles. The smallest absolute Gasteiger partial charge is 0.251 e. The van der Waals surface area contributed by atoms with E-state index in [4.69, 9.17) is 7.85 Å². The average molecular weight is 171 g/mol. The van der Waals surface area contributed by atoms with E-state index >= 15 is 0 Å². The Labute approximate surface area is 78.7 Å². The summed E-state index contributed by atoms with van der Waals surface area (Å²) in [6.07, 6.45) is 2.22. The lowest BCUT2D eigenvalue weighted by molar-refractivity contribution is 0.0951. The van der Waals surface area contributed by atoms with Crippen LogP contribution >= 0.6 is 0 Å². The van der Waals surface area contributed by atoms with E-state index in [2.05, 4.69) is 5.32 Å². The standard InChI is InChI=1S/C10H10BNO/c11-8-3-1-7(2-4-8)10(13)12-9-5-6-9/h1-4,9H,5-6H2,(H,12,13). The maximum atomic E-state index is 11.5. The van der Waals surface area contributed by atoms with Crippen LogP contribution in [0.3, 0.4) is 0 Å². The Hall–Kier alpha value is -1.25. The summed E-state index contributed by atoms with van der Waals surface area (Å²) < 4.78 is 0. The van der Waals surface area contributed by atoms with Crippen molar-refractivity contribution in [2.45, 2.75) is 18.9 Å². The van der Waals surface area contributed by atoms with Gasteiger partial charge in [-0.25, -0.2) is 0 Å². The Bertz CT molecular complexity index is 316. The molecule has 2 nitrogen and oxygen atoms in total. The van der Waals surface area contributed by atoms with Gasteiger partial charge >= 0.3 is 0 Å². The van der Waals surface area contributed by atoms with Crippen LogP contribution < -0.4 is 10.8 Å². The van der Waals surface area contributed by atoms with Crippen LogP contribution in [-0.4, -0.2) is 19.8 Å². The van der Waals surface area contributed by atoms with Crippen LogP contribution in [0.5, 0.6) is 0 Å². The van der Waals surface area contributed by atoms with Crippen LogP contribution in [-0.2, 0) is 0 Å². The van der Waals surface area contributed by atoms with Gasteiger partial charge in [0.2, 0.25) is 0 Å². The average Bonchev–Trinajstić information content (AvgIpc) is 2.89. The molecule has 0 aromatic heterocycles. The monoisotopic (exact) mass is 171 g/mol. The summed E-state index contributed by atoms with van der Waals surface area (Å²) in [6, 6.07) is 7.37. The fourth-order valence-corrected chi connectivity index (χ4v) is 1.13. The van der Waals surface area contributed by atoms with E-state index in [0.29, 0.717) is 17.1 Å². The van der Waals surface area contributed by atoms with Crippen molar-refractivity contribution in [3.8, 4) is 0 Å². The predicted molar refractivity (Wildman–Crippen MR) is 52.3 cm³/mol. The summed E-state index contributed by atoms with van der Waals surface area (Å²) in [7, 11) is 5.51. The van der Waals surface area contributed by atoms with Crippen molar-refractivity contribution in [2.75, 3.05) is 0 Å². The highest BCUT2D eigenvalue weighted by Crippen LogP contribution is 2.19. The van der Waals surface area contributed by atoms with Gasteiger partial charge in [0, 0.05) is 11.6 Å². The van der Waals surface area contributed by atoms with E-state index < -0.39 is 0 Å². The van der Waals surface area contributed by atoms with E-state index in [0.717, 1.165) is 12.8 Å². The van der Waals surface area contributed by atoms with Crippen molar-refractivity contribution in [3.63, 3.8) is 0 Å². The molecule has 1 aliphatic carbocycles. The van der Waals surface area contributed by atoms with E-state index in [-0.39, 0.29) is 5.91 Å². The minimum atomic E-state index is 0.00231. The van der Waals surface area contributed by atoms with Crippen LogP contribution in [0.4, 0.5) is 0 Å². The zero-order chi connectivity index (χ0) is 9.26. The summed E-state index contributed by atoms with van der Waals surface area (Å²) in [5.74, 6) is 0.00231. The molecule has 1 aliphatic rings. The molecule has 1 fully saturated rings. The van der Waals surface area contributed by atoms with E-state index in [9.17, 15) is 4.79 Å². The first kappa shape index (κ1) is 8.36. The third kappa shape index (κ3) is 2.11. The highest BCUT2D eigenvalue weighted by molar-refractivity contribution is 6.32. The SMILES string of the molecule is [B]c1ccc(C(=O)NC2CC2)cc1. The number of carbonyl (C=O) groups is 1. The van der Waals surface area contributed by atoms with Gasteiger partial charge in [-0.1, -0.05) is 29.7 Å². The van der Waals surface area contributed by atoms with Gasteiger partial charge in [-0.05, 0) is 12.8 Å². The number of carbonyl (C=O) groups excluding carboxylic acids is 1. The molecule has 0 atom stereocenters. The zero-order valence-electron chi connectivity index (χ0n) is 7.29. The van der Waals surface area contributed by atoms with E-state index in [1.165, 1.54) is 0 Å². The normalized spacial score (nSPS) is 15.4. The van der Waals surface area contributed by atoms with E-state index in [1.807, 2.05) is 0 Å².